The molecular formula is C34H29FN4O3. The minimum atomic E-state index is -0.642. The van der Waals surface area contributed by atoms with E-state index in [1.807, 2.05) is 66.3 Å². The van der Waals surface area contributed by atoms with Gasteiger partial charge in [0.25, 0.3) is 0 Å². The SMILES string of the molecule is CCCc1ccc2c(c1)c(=O)c(C(=O)Cc1ccc(Oc3ncnc4[nH]cc(-c5ccccc5)c34)c(F)c1)c(C)n2C. The molecule has 8 heteroatoms. The van der Waals surface area contributed by atoms with Crippen molar-refractivity contribution in [3.8, 4) is 22.8 Å². The summed E-state index contributed by atoms with van der Waals surface area (Å²) in [6.07, 6.45) is 4.85. The lowest BCUT2D eigenvalue weighted by Crippen LogP contribution is -2.23. The topological polar surface area (TPSA) is 89.9 Å². The van der Waals surface area contributed by atoms with E-state index in [0.29, 0.717) is 27.7 Å². The van der Waals surface area contributed by atoms with Crippen LogP contribution in [0.5, 0.6) is 11.6 Å². The second-order valence-corrected chi connectivity index (χ2v) is 10.4. The van der Waals surface area contributed by atoms with Crippen molar-refractivity contribution in [1.29, 1.82) is 0 Å². The predicted octanol–water partition coefficient (Wildman–Crippen LogP) is 7.09. The van der Waals surface area contributed by atoms with E-state index in [9.17, 15) is 9.59 Å². The molecule has 0 atom stereocenters. The molecule has 3 heterocycles. The molecular weight excluding hydrogens is 531 g/mol. The zero-order valence-electron chi connectivity index (χ0n) is 23.6. The Morgan fingerprint density at radius 2 is 1.81 bits per heavy atom. The fourth-order valence-electron chi connectivity index (χ4n) is 5.45. The second kappa shape index (κ2) is 11.0. The smallest absolute Gasteiger partial charge is 0.232 e. The molecule has 0 aliphatic rings. The number of hydrogen-bond donors (Lipinski definition) is 1. The van der Waals surface area contributed by atoms with Crippen molar-refractivity contribution in [3.63, 3.8) is 0 Å². The molecule has 7 nitrogen and oxygen atoms in total. The maximum absolute atomic E-state index is 15.3. The summed E-state index contributed by atoms with van der Waals surface area (Å²) in [5.74, 6) is -0.828. The number of nitrogens with one attached hydrogen (secondary N) is 1. The van der Waals surface area contributed by atoms with Crippen LogP contribution in [0.1, 0.15) is 40.5 Å². The average molecular weight is 561 g/mol. The number of aromatic nitrogens is 4. The van der Waals surface area contributed by atoms with Gasteiger partial charge in [0.2, 0.25) is 5.88 Å². The number of fused-ring (bicyclic) bond motifs is 2. The van der Waals surface area contributed by atoms with Crippen molar-refractivity contribution in [1.82, 2.24) is 19.5 Å². The summed E-state index contributed by atoms with van der Waals surface area (Å²) >= 11 is 0. The number of Topliss-reactive ketones (excluding diaryl/α,β-unsaturated/α-hetero) is 1. The Kier molecular flexibility index (Phi) is 7.12. The molecule has 0 aliphatic carbocycles. The van der Waals surface area contributed by atoms with Crippen molar-refractivity contribution in [2.24, 2.45) is 7.05 Å². The molecule has 42 heavy (non-hydrogen) atoms. The first-order valence-corrected chi connectivity index (χ1v) is 13.8. The lowest BCUT2D eigenvalue weighted by molar-refractivity contribution is 0.0990. The van der Waals surface area contributed by atoms with Gasteiger partial charge in [0.1, 0.15) is 12.0 Å². The molecule has 0 saturated carbocycles. The molecule has 1 N–H and O–H groups in total. The monoisotopic (exact) mass is 560 g/mol. The first-order chi connectivity index (χ1) is 20.4. The highest BCUT2D eigenvalue weighted by atomic mass is 19.1. The van der Waals surface area contributed by atoms with E-state index in [0.717, 1.165) is 35.0 Å². The molecule has 6 rings (SSSR count). The first kappa shape index (κ1) is 27.1. The fourth-order valence-corrected chi connectivity index (χ4v) is 5.45. The molecule has 0 radical (unpaired) electrons. The predicted molar refractivity (Wildman–Crippen MR) is 162 cm³/mol. The number of ether oxygens (including phenoxy) is 1. The Balaban J connectivity index is 1.30. The van der Waals surface area contributed by atoms with Crippen LogP contribution in [0.4, 0.5) is 4.39 Å². The summed E-state index contributed by atoms with van der Waals surface area (Å²) in [6, 6.07) is 19.9. The molecule has 0 fully saturated rings. The van der Waals surface area contributed by atoms with Gasteiger partial charge in [0.15, 0.2) is 22.8 Å². The molecule has 3 aromatic carbocycles. The minimum absolute atomic E-state index is 0.0346. The number of halogens is 1. The fraction of sp³-hybridized carbons (Fsp3) is 0.176. The Morgan fingerprint density at radius 1 is 1.02 bits per heavy atom. The number of ketones is 1. The van der Waals surface area contributed by atoms with Crippen LogP contribution >= 0.6 is 0 Å². The number of H-pyrrole nitrogens is 1. The van der Waals surface area contributed by atoms with Gasteiger partial charge >= 0.3 is 0 Å². The molecule has 0 unspecified atom stereocenters. The normalized spacial score (nSPS) is 11.3. The van der Waals surface area contributed by atoms with Gasteiger partial charge in [-0.2, -0.15) is 0 Å². The van der Waals surface area contributed by atoms with Crippen molar-refractivity contribution in [2.45, 2.75) is 33.1 Å². The Hall–Kier alpha value is -5.11. The third kappa shape index (κ3) is 4.85. The van der Waals surface area contributed by atoms with Gasteiger partial charge < -0.3 is 14.3 Å². The molecule has 210 valence electrons. The second-order valence-electron chi connectivity index (χ2n) is 10.4. The minimum Gasteiger partial charge on any atom is -0.435 e. The van der Waals surface area contributed by atoms with E-state index in [1.165, 1.54) is 18.5 Å². The highest BCUT2D eigenvalue weighted by molar-refractivity contribution is 6.01. The van der Waals surface area contributed by atoms with Gasteiger partial charge in [-0.15, -0.1) is 0 Å². The number of pyridine rings is 1. The zero-order chi connectivity index (χ0) is 29.4. The summed E-state index contributed by atoms with van der Waals surface area (Å²) in [4.78, 5) is 38.6. The Labute approximate surface area is 241 Å². The number of carbonyl (C=O) groups excluding carboxylic acids is 1. The number of aryl methyl sites for hydroxylation is 2. The van der Waals surface area contributed by atoms with E-state index in [-0.39, 0.29) is 34.8 Å². The number of rotatable bonds is 8. The van der Waals surface area contributed by atoms with Crippen molar-refractivity contribution < 1.29 is 13.9 Å². The Morgan fingerprint density at radius 3 is 2.57 bits per heavy atom. The van der Waals surface area contributed by atoms with Gasteiger partial charge in [0.05, 0.1) is 16.5 Å². The molecule has 0 amide bonds. The summed E-state index contributed by atoms with van der Waals surface area (Å²) in [6.45, 7) is 3.84. The Bertz CT molecular complexity index is 2030. The highest BCUT2D eigenvalue weighted by Crippen LogP contribution is 2.36. The largest absolute Gasteiger partial charge is 0.435 e. The van der Waals surface area contributed by atoms with Gasteiger partial charge in [-0.05, 0) is 54.3 Å². The van der Waals surface area contributed by atoms with Crippen molar-refractivity contribution in [3.05, 3.63) is 118 Å². The van der Waals surface area contributed by atoms with E-state index in [1.54, 1.807) is 13.0 Å². The zero-order valence-corrected chi connectivity index (χ0v) is 23.6. The molecule has 0 saturated heterocycles. The number of benzene rings is 3. The number of nitrogens with zero attached hydrogens (tertiary/aromatic N) is 3. The van der Waals surface area contributed by atoms with Crippen LogP contribution in [0.3, 0.4) is 0 Å². The van der Waals surface area contributed by atoms with Crippen LogP contribution in [0, 0.1) is 12.7 Å². The lowest BCUT2D eigenvalue weighted by atomic mass is 9.98. The summed E-state index contributed by atoms with van der Waals surface area (Å²) in [7, 11) is 1.84. The number of aromatic amines is 1. The van der Waals surface area contributed by atoms with Crippen LogP contribution < -0.4 is 10.2 Å². The highest BCUT2D eigenvalue weighted by Gasteiger charge is 2.21. The van der Waals surface area contributed by atoms with Gasteiger partial charge in [-0.3, -0.25) is 9.59 Å². The molecule has 3 aromatic heterocycles. The third-order valence-electron chi connectivity index (χ3n) is 7.66. The molecule has 6 aromatic rings. The molecule has 0 spiro atoms. The maximum Gasteiger partial charge on any atom is 0.232 e. The maximum atomic E-state index is 15.3. The quantitative estimate of drug-likeness (QED) is 0.201. The van der Waals surface area contributed by atoms with E-state index < -0.39 is 5.82 Å². The van der Waals surface area contributed by atoms with Crippen LogP contribution in [0.2, 0.25) is 0 Å². The van der Waals surface area contributed by atoms with Gasteiger partial charge in [-0.1, -0.05) is 55.8 Å². The summed E-state index contributed by atoms with van der Waals surface area (Å²) < 4.78 is 23.1. The molecule has 0 aliphatic heterocycles. The van der Waals surface area contributed by atoms with Crippen molar-refractivity contribution in [2.75, 3.05) is 0 Å². The van der Waals surface area contributed by atoms with Gasteiger partial charge in [0, 0.05) is 36.3 Å². The summed E-state index contributed by atoms with van der Waals surface area (Å²) in [5, 5.41) is 1.15. The van der Waals surface area contributed by atoms with Crippen LogP contribution in [-0.2, 0) is 19.9 Å². The third-order valence-corrected chi connectivity index (χ3v) is 7.66. The first-order valence-electron chi connectivity index (χ1n) is 13.8. The van der Waals surface area contributed by atoms with E-state index >= 15 is 4.39 Å². The van der Waals surface area contributed by atoms with E-state index in [2.05, 4.69) is 21.9 Å². The number of carbonyl (C=O) groups is 1. The van der Waals surface area contributed by atoms with Gasteiger partial charge in [-0.25, -0.2) is 14.4 Å². The average Bonchev–Trinajstić information content (AvgIpc) is 3.43. The van der Waals surface area contributed by atoms with Crippen LogP contribution in [0.15, 0.2) is 84.0 Å². The molecule has 0 bridgehead atoms. The van der Waals surface area contributed by atoms with E-state index in [4.69, 9.17) is 4.74 Å². The van der Waals surface area contributed by atoms with Crippen LogP contribution in [-0.4, -0.2) is 25.3 Å². The summed E-state index contributed by atoms with van der Waals surface area (Å²) in [5.41, 5.74) is 5.01. The lowest BCUT2D eigenvalue weighted by Gasteiger charge is -2.15. The van der Waals surface area contributed by atoms with Crippen LogP contribution in [0.25, 0.3) is 33.1 Å². The van der Waals surface area contributed by atoms with Crippen molar-refractivity contribution >= 4 is 27.7 Å². The number of hydrogen-bond acceptors (Lipinski definition) is 5. The standard InChI is InChI=1S/C34H29FN4O3/c1-4-8-21-11-13-27-24(15-21)32(41)30(20(2)39(27)3)28(40)17-22-12-14-29(26(35)16-22)42-34-31-25(23-9-6-5-7-10-23)18-36-33(31)37-19-38-34/h5-7,9-16,18-19H,4,8,17H2,1-3H3,(H,36,37,38).